The monoisotopic (exact) mass is 571 g/mol. The minimum absolute atomic E-state index is 0. The Morgan fingerprint density at radius 2 is 1.21 bits per heavy atom. The highest BCUT2D eigenvalue weighted by Crippen LogP contribution is 2.46. The summed E-state index contributed by atoms with van der Waals surface area (Å²) >= 11 is 0. The third-order valence-electron chi connectivity index (χ3n) is 7.97. The zero-order valence-corrected chi connectivity index (χ0v) is 24.9. The van der Waals surface area contributed by atoms with Crippen LogP contribution in [0.1, 0.15) is 136 Å². The third-order valence-corrected chi connectivity index (χ3v) is 7.97. The molecule has 0 N–H and O–H groups in total. The normalized spacial score (nSPS) is 16.5. The van der Waals surface area contributed by atoms with Crippen LogP contribution in [0.2, 0.25) is 0 Å². The van der Waals surface area contributed by atoms with Gasteiger partial charge in [0.25, 0.3) is 0 Å². The van der Waals surface area contributed by atoms with E-state index in [9.17, 15) is 0 Å². The van der Waals surface area contributed by atoms with E-state index < -0.39 is 0 Å². The molecule has 1 aromatic rings. The van der Waals surface area contributed by atoms with E-state index in [1.807, 2.05) is 0 Å². The Balaban J connectivity index is 0.00000544. The van der Waals surface area contributed by atoms with Crippen LogP contribution in [0.3, 0.4) is 0 Å². The highest BCUT2D eigenvalue weighted by Gasteiger charge is 2.41. The molecule has 3 heteroatoms. The van der Waals surface area contributed by atoms with Crippen LogP contribution in [0, 0.1) is 0 Å². The van der Waals surface area contributed by atoms with Crippen LogP contribution in [-0.2, 0) is 5.41 Å². The summed E-state index contributed by atoms with van der Waals surface area (Å²) in [7, 11) is 1.77. The topological polar surface area (TPSA) is 12.5 Å². The van der Waals surface area contributed by atoms with Crippen LogP contribution < -0.4 is 9.64 Å². The summed E-state index contributed by atoms with van der Waals surface area (Å²) < 4.78 is 5.48. The minimum atomic E-state index is 0. The van der Waals surface area contributed by atoms with Crippen molar-refractivity contribution < 1.29 is 4.74 Å². The smallest absolute Gasteiger partial charge is 0.119 e. The van der Waals surface area contributed by atoms with Crippen molar-refractivity contribution in [3.05, 3.63) is 23.8 Å². The van der Waals surface area contributed by atoms with Gasteiger partial charge in [0.2, 0.25) is 0 Å². The number of unbranched alkanes of at least 4 members (excludes halogenated alkanes) is 15. The van der Waals surface area contributed by atoms with E-state index >= 15 is 0 Å². The van der Waals surface area contributed by atoms with Gasteiger partial charge in [-0.2, -0.15) is 0 Å². The fourth-order valence-corrected chi connectivity index (χ4v) is 5.38. The summed E-state index contributed by atoms with van der Waals surface area (Å²) in [6.07, 6.45) is 22.9. The summed E-state index contributed by atoms with van der Waals surface area (Å²) in [5.74, 6) is 0.980. The second-order valence-corrected chi connectivity index (χ2v) is 10.8. The molecule has 2 rings (SSSR count). The van der Waals surface area contributed by atoms with Gasteiger partial charge in [-0.15, -0.1) is 24.0 Å². The molecule has 0 saturated heterocycles. The first-order valence-electron chi connectivity index (χ1n) is 14.0. The molecule has 33 heavy (non-hydrogen) atoms. The number of nitrogens with zero attached hydrogens (tertiary/aromatic N) is 1. The second kappa shape index (κ2) is 17.1. The van der Waals surface area contributed by atoms with Gasteiger partial charge in [-0.25, -0.2) is 0 Å². The molecule has 2 nitrogen and oxygen atoms in total. The summed E-state index contributed by atoms with van der Waals surface area (Å²) in [5, 5.41) is 0. The maximum Gasteiger partial charge on any atom is 0.119 e. The van der Waals surface area contributed by atoms with Crippen molar-refractivity contribution in [1.82, 2.24) is 0 Å². The molecule has 0 spiro atoms. The first kappa shape index (κ1) is 30.6. The average molecular weight is 572 g/mol. The molecule has 192 valence electrons. The number of hydrogen-bond acceptors (Lipinski definition) is 2. The number of fused-ring (bicyclic) bond motifs is 1. The van der Waals surface area contributed by atoms with Crippen LogP contribution in [0.25, 0.3) is 0 Å². The summed E-state index contributed by atoms with van der Waals surface area (Å²) in [6, 6.07) is 7.18. The standard InChI is InChI=1S/C30H53NO.HI/c1-6-7-8-9-10-11-12-13-14-15-16-17-18-19-20-21-24-31-26(2)30(3,4)28-25-27(32-5)22-23-29(28)31;/h22-23,25-26H,6-21,24H2,1-5H3;1H. The number of ether oxygens (including phenoxy) is 1. The van der Waals surface area contributed by atoms with Crippen LogP contribution >= 0.6 is 24.0 Å². The van der Waals surface area contributed by atoms with Crippen LogP contribution in [0.15, 0.2) is 18.2 Å². The van der Waals surface area contributed by atoms with E-state index in [0.29, 0.717) is 6.04 Å². The van der Waals surface area contributed by atoms with Gasteiger partial charge < -0.3 is 9.64 Å². The van der Waals surface area contributed by atoms with Crippen molar-refractivity contribution in [2.45, 2.75) is 142 Å². The Bertz CT molecular complexity index is 630. The molecular formula is C30H54INO. The molecular weight excluding hydrogens is 517 g/mol. The molecule has 1 unspecified atom stereocenters. The Morgan fingerprint density at radius 3 is 1.67 bits per heavy atom. The lowest BCUT2D eigenvalue weighted by Gasteiger charge is -2.31. The van der Waals surface area contributed by atoms with Gasteiger partial charge in [0.15, 0.2) is 0 Å². The van der Waals surface area contributed by atoms with E-state index in [2.05, 4.69) is 50.8 Å². The van der Waals surface area contributed by atoms with Crippen LogP contribution in [0.5, 0.6) is 5.75 Å². The predicted octanol–water partition coefficient (Wildman–Crippen LogP) is 10.1. The van der Waals surface area contributed by atoms with E-state index in [1.165, 1.54) is 121 Å². The van der Waals surface area contributed by atoms with Crippen molar-refractivity contribution >= 4 is 29.7 Å². The third kappa shape index (κ3) is 9.98. The van der Waals surface area contributed by atoms with Gasteiger partial charge >= 0.3 is 0 Å². The van der Waals surface area contributed by atoms with E-state index in [-0.39, 0.29) is 29.4 Å². The zero-order valence-electron chi connectivity index (χ0n) is 22.6. The summed E-state index contributed by atoms with van der Waals surface area (Å²) in [4.78, 5) is 2.64. The fourth-order valence-electron chi connectivity index (χ4n) is 5.38. The largest absolute Gasteiger partial charge is 0.497 e. The summed E-state index contributed by atoms with van der Waals surface area (Å²) in [5.41, 5.74) is 3.05. The Hall–Kier alpha value is -0.450. The highest BCUT2D eigenvalue weighted by molar-refractivity contribution is 14.0. The molecule has 0 bridgehead atoms. The first-order valence-corrected chi connectivity index (χ1v) is 14.0. The van der Waals surface area contributed by atoms with Crippen molar-refractivity contribution in [2.75, 3.05) is 18.6 Å². The molecule has 1 aliphatic rings. The van der Waals surface area contributed by atoms with Gasteiger partial charge in [0, 0.05) is 23.7 Å². The number of benzene rings is 1. The second-order valence-electron chi connectivity index (χ2n) is 10.8. The van der Waals surface area contributed by atoms with Gasteiger partial charge in [-0.05, 0) is 37.1 Å². The molecule has 0 amide bonds. The van der Waals surface area contributed by atoms with Crippen LogP contribution in [-0.4, -0.2) is 19.7 Å². The molecule has 1 aliphatic heterocycles. The molecule has 1 heterocycles. The lowest BCUT2D eigenvalue weighted by molar-refractivity contribution is 0.409. The number of methoxy groups -OCH3 is 1. The molecule has 0 radical (unpaired) electrons. The molecule has 0 fully saturated rings. The van der Waals surface area contributed by atoms with E-state index in [4.69, 9.17) is 4.74 Å². The fraction of sp³-hybridized carbons (Fsp3) is 0.800. The van der Waals surface area contributed by atoms with Gasteiger partial charge in [0.1, 0.15) is 5.75 Å². The van der Waals surface area contributed by atoms with E-state index in [0.717, 1.165) is 5.75 Å². The lowest BCUT2D eigenvalue weighted by Crippen LogP contribution is -2.39. The number of halogens is 1. The van der Waals surface area contributed by atoms with Crippen molar-refractivity contribution in [1.29, 1.82) is 0 Å². The molecule has 1 aromatic carbocycles. The summed E-state index contributed by atoms with van der Waals surface area (Å²) in [6.45, 7) is 10.6. The SMILES string of the molecule is CCCCCCCCCCCCCCCCCCN1c2ccc(OC)cc2C(C)(C)C1C.I. The molecule has 1 atom stereocenters. The number of rotatable bonds is 18. The lowest BCUT2D eigenvalue weighted by atomic mass is 9.81. The van der Waals surface area contributed by atoms with Crippen molar-refractivity contribution in [3.63, 3.8) is 0 Å². The Kier molecular flexibility index (Phi) is 15.8. The minimum Gasteiger partial charge on any atom is -0.497 e. The highest BCUT2D eigenvalue weighted by atomic mass is 127. The van der Waals surface area contributed by atoms with Crippen molar-refractivity contribution in [2.24, 2.45) is 0 Å². The molecule has 0 aliphatic carbocycles. The quantitative estimate of drug-likeness (QED) is 0.128. The number of hydrogen-bond donors (Lipinski definition) is 0. The predicted molar refractivity (Wildman–Crippen MR) is 158 cm³/mol. The maximum atomic E-state index is 5.48. The Morgan fingerprint density at radius 1 is 0.758 bits per heavy atom. The molecule has 0 aromatic heterocycles. The average Bonchev–Trinajstić information content (AvgIpc) is 2.98. The van der Waals surface area contributed by atoms with Crippen molar-refractivity contribution in [3.8, 4) is 5.75 Å². The van der Waals surface area contributed by atoms with Crippen LogP contribution in [0.4, 0.5) is 5.69 Å². The molecule has 0 saturated carbocycles. The first-order chi connectivity index (χ1) is 15.5. The number of anilines is 1. The maximum absolute atomic E-state index is 5.48. The zero-order chi connectivity index (χ0) is 23.2. The van der Waals surface area contributed by atoms with Gasteiger partial charge in [-0.3, -0.25) is 0 Å². The Labute approximate surface area is 223 Å². The van der Waals surface area contributed by atoms with Gasteiger partial charge in [-0.1, -0.05) is 117 Å². The van der Waals surface area contributed by atoms with Gasteiger partial charge in [0.05, 0.1) is 7.11 Å². The van der Waals surface area contributed by atoms with E-state index in [1.54, 1.807) is 7.11 Å².